The van der Waals surface area contributed by atoms with Crippen LogP contribution in [0.25, 0.3) is 0 Å². The molecule has 1 rings (SSSR count). The predicted octanol–water partition coefficient (Wildman–Crippen LogP) is 0.687. The first kappa shape index (κ1) is 12.0. The van der Waals surface area contributed by atoms with Gasteiger partial charge >= 0.3 is 0 Å². The fraction of sp³-hybridized carbons (Fsp3) is 1.00. The number of nitrogens with zero attached hydrogens (tertiary/aromatic N) is 1. The lowest BCUT2D eigenvalue weighted by Gasteiger charge is -2.44. The van der Waals surface area contributed by atoms with Crippen molar-refractivity contribution in [2.24, 2.45) is 5.92 Å². The van der Waals surface area contributed by atoms with Crippen LogP contribution in [0.3, 0.4) is 0 Å². The zero-order valence-electron chi connectivity index (χ0n) is 9.88. The first-order valence-corrected chi connectivity index (χ1v) is 5.57. The molecule has 0 bridgehead atoms. The maximum absolute atomic E-state index is 9.85. The Hall–Kier alpha value is -0.120. The summed E-state index contributed by atoms with van der Waals surface area (Å²) >= 11 is 0. The van der Waals surface area contributed by atoms with Crippen LogP contribution in [0.5, 0.6) is 0 Å². The Morgan fingerprint density at radius 1 is 1.43 bits per heavy atom. The molecule has 2 N–H and O–H groups in total. The van der Waals surface area contributed by atoms with Crippen LogP contribution in [-0.2, 0) is 0 Å². The number of β-amino-alcohol motifs (C(OH)–C–C–N with tert-alkyl or cyclic N) is 1. The minimum atomic E-state index is -0.202. The second kappa shape index (κ2) is 4.60. The third-order valence-corrected chi connectivity index (χ3v) is 3.15. The molecule has 0 amide bonds. The third-order valence-electron chi connectivity index (χ3n) is 3.15. The van der Waals surface area contributed by atoms with E-state index in [1.807, 2.05) is 0 Å². The molecule has 14 heavy (non-hydrogen) atoms. The summed E-state index contributed by atoms with van der Waals surface area (Å²) in [5.41, 5.74) is 0.175. The molecule has 3 nitrogen and oxygen atoms in total. The molecule has 0 aromatic carbocycles. The van der Waals surface area contributed by atoms with Crippen LogP contribution < -0.4 is 5.32 Å². The van der Waals surface area contributed by atoms with Crippen molar-refractivity contribution in [3.05, 3.63) is 0 Å². The smallest absolute Gasteiger partial charge is 0.0690 e. The summed E-state index contributed by atoms with van der Waals surface area (Å²) in [5.74, 6) is 0.348. The van der Waals surface area contributed by atoms with E-state index in [0.29, 0.717) is 5.92 Å². The second-order valence-electron chi connectivity index (χ2n) is 5.25. The van der Waals surface area contributed by atoms with E-state index in [2.05, 4.69) is 37.9 Å². The molecule has 0 spiro atoms. The Kier molecular flexibility index (Phi) is 3.93. The molecule has 0 aliphatic carbocycles. The first-order valence-electron chi connectivity index (χ1n) is 5.57. The van der Waals surface area contributed by atoms with Crippen molar-refractivity contribution in [2.75, 3.05) is 26.2 Å². The highest BCUT2D eigenvalue weighted by atomic mass is 16.3. The number of nitrogens with one attached hydrogen (secondary N) is 1. The number of aliphatic hydroxyl groups is 1. The molecule has 0 aromatic rings. The average molecular weight is 200 g/mol. The lowest BCUT2D eigenvalue weighted by atomic mass is 9.97. The van der Waals surface area contributed by atoms with Crippen molar-refractivity contribution in [3.8, 4) is 0 Å². The van der Waals surface area contributed by atoms with Crippen molar-refractivity contribution >= 4 is 0 Å². The Morgan fingerprint density at radius 2 is 2.07 bits per heavy atom. The van der Waals surface area contributed by atoms with Gasteiger partial charge in [-0.05, 0) is 19.8 Å². The molecule has 3 heteroatoms. The summed E-state index contributed by atoms with van der Waals surface area (Å²) in [4.78, 5) is 2.38. The summed E-state index contributed by atoms with van der Waals surface area (Å²) in [6.45, 7) is 12.5. The highest BCUT2D eigenvalue weighted by Crippen LogP contribution is 2.17. The fourth-order valence-electron chi connectivity index (χ4n) is 1.80. The Bertz CT molecular complexity index is 180. The molecule has 1 aliphatic rings. The number of rotatable bonds is 3. The molecule has 0 saturated carbocycles. The summed E-state index contributed by atoms with van der Waals surface area (Å²) in [5, 5.41) is 13.2. The lowest BCUT2D eigenvalue weighted by molar-refractivity contribution is 0.0168. The molecule has 1 aliphatic heterocycles. The van der Waals surface area contributed by atoms with E-state index in [4.69, 9.17) is 0 Å². The van der Waals surface area contributed by atoms with Gasteiger partial charge in [0.1, 0.15) is 0 Å². The van der Waals surface area contributed by atoms with Crippen LogP contribution in [0.2, 0.25) is 0 Å². The Morgan fingerprint density at radius 3 is 2.57 bits per heavy atom. The Labute approximate surface area is 87.5 Å². The monoisotopic (exact) mass is 200 g/mol. The van der Waals surface area contributed by atoms with Gasteiger partial charge in [0, 0.05) is 31.7 Å². The van der Waals surface area contributed by atoms with Gasteiger partial charge in [-0.15, -0.1) is 0 Å². The topological polar surface area (TPSA) is 35.5 Å². The highest BCUT2D eigenvalue weighted by Gasteiger charge is 2.31. The van der Waals surface area contributed by atoms with E-state index < -0.39 is 0 Å². The molecule has 1 fully saturated rings. The summed E-state index contributed by atoms with van der Waals surface area (Å²) < 4.78 is 0. The van der Waals surface area contributed by atoms with Crippen molar-refractivity contribution < 1.29 is 5.11 Å². The third kappa shape index (κ3) is 2.94. The van der Waals surface area contributed by atoms with Crippen LogP contribution in [-0.4, -0.2) is 47.8 Å². The van der Waals surface area contributed by atoms with Gasteiger partial charge < -0.3 is 10.4 Å². The second-order valence-corrected chi connectivity index (χ2v) is 5.25. The Balaban J connectivity index is 2.49. The maximum Gasteiger partial charge on any atom is 0.0690 e. The lowest BCUT2D eigenvalue weighted by Crippen LogP contribution is -2.59. The van der Waals surface area contributed by atoms with Crippen molar-refractivity contribution in [2.45, 2.75) is 39.3 Å². The molecule has 84 valence electrons. The van der Waals surface area contributed by atoms with Gasteiger partial charge in [-0.1, -0.05) is 13.8 Å². The highest BCUT2D eigenvalue weighted by molar-refractivity contribution is 4.89. The van der Waals surface area contributed by atoms with Gasteiger partial charge in [-0.2, -0.15) is 0 Å². The average Bonchev–Trinajstić information content (AvgIpc) is 2.08. The van der Waals surface area contributed by atoms with Crippen molar-refractivity contribution in [3.63, 3.8) is 0 Å². The molecule has 1 unspecified atom stereocenters. The molecular formula is C11H24N2O. The number of hydrogen-bond donors (Lipinski definition) is 2. The van der Waals surface area contributed by atoms with Crippen molar-refractivity contribution in [1.29, 1.82) is 0 Å². The molecular weight excluding hydrogens is 176 g/mol. The standard InChI is InChI=1S/C11H24N2O/c1-9(2)10(14)7-13-6-5-12-8-11(13,3)4/h9-10,12,14H,5-8H2,1-4H3. The quantitative estimate of drug-likeness (QED) is 0.703. The normalized spacial score (nSPS) is 25.3. The van der Waals surface area contributed by atoms with E-state index in [-0.39, 0.29) is 11.6 Å². The zero-order chi connectivity index (χ0) is 10.8. The number of hydrogen-bond acceptors (Lipinski definition) is 3. The molecule has 1 heterocycles. The largest absolute Gasteiger partial charge is 0.392 e. The van der Waals surface area contributed by atoms with Gasteiger partial charge in [-0.3, -0.25) is 4.90 Å². The molecule has 0 radical (unpaired) electrons. The molecule has 0 aromatic heterocycles. The summed E-state index contributed by atoms with van der Waals surface area (Å²) in [7, 11) is 0. The van der Waals surface area contributed by atoms with Gasteiger partial charge in [0.05, 0.1) is 6.10 Å². The zero-order valence-corrected chi connectivity index (χ0v) is 9.88. The van der Waals surface area contributed by atoms with Crippen LogP contribution in [0.15, 0.2) is 0 Å². The van der Waals surface area contributed by atoms with E-state index in [0.717, 1.165) is 26.2 Å². The minimum absolute atomic E-state index is 0.175. The van der Waals surface area contributed by atoms with Gasteiger partial charge in [0.25, 0.3) is 0 Å². The van der Waals surface area contributed by atoms with Crippen LogP contribution >= 0.6 is 0 Å². The summed E-state index contributed by atoms with van der Waals surface area (Å²) in [6.07, 6.45) is -0.202. The van der Waals surface area contributed by atoms with Crippen LogP contribution in [0.4, 0.5) is 0 Å². The van der Waals surface area contributed by atoms with Crippen LogP contribution in [0.1, 0.15) is 27.7 Å². The van der Waals surface area contributed by atoms with E-state index in [1.54, 1.807) is 0 Å². The van der Waals surface area contributed by atoms with Gasteiger partial charge in [0.2, 0.25) is 0 Å². The van der Waals surface area contributed by atoms with Crippen molar-refractivity contribution in [1.82, 2.24) is 10.2 Å². The maximum atomic E-state index is 9.85. The number of aliphatic hydroxyl groups excluding tert-OH is 1. The minimum Gasteiger partial charge on any atom is -0.392 e. The predicted molar refractivity (Wildman–Crippen MR) is 59.4 cm³/mol. The summed E-state index contributed by atoms with van der Waals surface area (Å²) in [6, 6.07) is 0. The van der Waals surface area contributed by atoms with Crippen LogP contribution in [0, 0.1) is 5.92 Å². The molecule has 1 saturated heterocycles. The fourth-order valence-corrected chi connectivity index (χ4v) is 1.80. The van der Waals surface area contributed by atoms with E-state index in [9.17, 15) is 5.11 Å². The number of piperazine rings is 1. The van der Waals surface area contributed by atoms with E-state index >= 15 is 0 Å². The van der Waals surface area contributed by atoms with Gasteiger partial charge in [-0.25, -0.2) is 0 Å². The van der Waals surface area contributed by atoms with Gasteiger partial charge in [0.15, 0.2) is 0 Å². The molecule has 1 atom stereocenters. The van der Waals surface area contributed by atoms with E-state index in [1.165, 1.54) is 0 Å². The SMILES string of the molecule is CC(C)C(O)CN1CCNCC1(C)C. The first-order chi connectivity index (χ1) is 6.43.